The van der Waals surface area contributed by atoms with Gasteiger partial charge < -0.3 is 4.57 Å². The van der Waals surface area contributed by atoms with E-state index in [1.807, 2.05) is 0 Å². The highest BCUT2D eigenvalue weighted by atomic mass is 32.2. The van der Waals surface area contributed by atoms with Crippen LogP contribution < -0.4 is 0 Å². The molecule has 0 aromatic carbocycles. The fourth-order valence-corrected chi connectivity index (χ4v) is 9.05. The zero-order chi connectivity index (χ0) is 14.0. The molecule has 0 unspecified atom stereocenters. The lowest BCUT2D eigenvalue weighted by Crippen LogP contribution is -2.26. The van der Waals surface area contributed by atoms with Crippen LogP contribution in [0.3, 0.4) is 0 Å². The maximum absolute atomic E-state index is 12.3. The van der Waals surface area contributed by atoms with Gasteiger partial charge >= 0.3 is 12.4 Å². The monoisotopic (exact) mass is 332 g/mol. The fraction of sp³-hybridized carbons (Fsp3) is 1.00. The molecule has 0 atom stereocenters. The molecule has 0 aromatic heterocycles. The number of hydrogen-bond acceptors (Lipinski definition) is 3. The highest BCUT2D eigenvalue weighted by Gasteiger charge is 2.50. The number of alkyl halides is 6. The first-order chi connectivity index (χ1) is 8.02. The van der Waals surface area contributed by atoms with Crippen LogP contribution in [0.15, 0.2) is 0 Å². The van der Waals surface area contributed by atoms with Crippen molar-refractivity contribution < 1.29 is 30.9 Å². The van der Waals surface area contributed by atoms with E-state index >= 15 is 0 Å². The van der Waals surface area contributed by atoms with Crippen LogP contribution in [-0.2, 0) is 4.57 Å². The van der Waals surface area contributed by atoms with E-state index in [2.05, 4.69) is 0 Å². The van der Waals surface area contributed by atoms with Crippen molar-refractivity contribution in [2.75, 3.05) is 23.8 Å². The largest absolute Gasteiger partial charge is 0.395 e. The van der Waals surface area contributed by atoms with Crippen molar-refractivity contribution in [3.8, 4) is 0 Å². The van der Waals surface area contributed by atoms with Crippen molar-refractivity contribution in [2.45, 2.75) is 23.1 Å². The molecule has 1 nitrogen and oxygen atoms in total. The molecule has 1 fully saturated rings. The van der Waals surface area contributed by atoms with Gasteiger partial charge in [-0.2, -0.15) is 26.3 Å². The van der Waals surface area contributed by atoms with E-state index in [1.165, 1.54) is 0 Å². The summed E-state index contributed by atoms with van der Waals surface area (Å²) < 4.78 is 85.0. The average Bonchev–Trinajstić information content (AvgIpc) is 2.13. The maximum Gasteiger partial charge on any atom is 0.395 e. The van der Waals surface area contributed by atoms with Crippen LogP contribution in [0.1, 0.15) is 6.42 Å². The Labute approximate surface area is 109 Å². The molecule has 0 N–H and O–H groups in total. The van der Waals surface area contributed by atoms with Gasteiger partial charge in [-0.1, -0.05) is 0 Å². The van der Waals surface area contributed by atoms with Gasteiger partial charge in [-0.3, -0.25) is 0 Å². The van der Waals surface area contributed by atoms with Crippen LogP contribution in [0, 0.1) is 0 Å². The summed E-state index contributed by atoms with van der Waals surface area (Å²) >= 11 is 1.90. The quantitative estimate of drug-likeness (QED) is 0.554. The summed E-state index contributed by atoms with van der Waals surface area (Å²) in [5.74, 6) is 0.911. The first-order valence-corrected chi connectivity index (χ1v) is 9.21. The van der Waals surface area contributed by atoms with E-state index in [0.29, 0.717) is 17.9 Å². The van der Waals surface area contributed by atoms with E-state index in [-0.39, 0.29) is 0 Å². The second kappa shape index (κ2) is 5.87. The summed E-state index contributed by atoms with van der Waals surface area (Å²) in [5.41, 5.74) is 0. The van der Waals surface area contributed by atoms with Crippen LogP contribution in [0.2, 0.25) is 0 Å². The number of thioether (sulfide) groups is 2. The summed E-state index contributed by atoms with van der Waals surface area (Å²) in [5, 5.41) is 0. The fourth-order valence-electron chi connectivity index (χ4n) is 1.56. The molecule has 0 amide bonds. The molecule has 18 heavy (non-hydrogen) atoms. The molecule has 1 aliphatic heterocycles. The van der Waals surface area contributed by atoms with Crippen molar-refractivity contribution >= 4 is 30.7 Å². The minimum absolute atomic E-state index is 0.456. The third kappa shape index (κ3) is 5.65. The van der Waals surface area contributed by atoms with Gasteiger partial charge in [0.2, 0.25) is 0 Å². The highest BCUT2D eigenvalue weighted by molar-refractivity contribution is 8.25. The summed E-state index contributed by atoms with van der Waals surface area (Å²) in [7, 11) is -4.36. The summed E-state index contributed by atoms with van der Waals surface area (Å²) in [6.45, 7) is 0. The molecule has 0 saturated carbocycles. The van der Waals surface area contributed by atoms with Gasteiger partial charge in [0.1, 0.15) is 11.5 Å². The second-order valence-corrected chi connectivity index (χ2v) is 10.4. The lowest BCUT2D eigenvalue weighted by atomic mass is 10.6. The van der Waals surface area contributed by atoms with Gasteiger partial charge in [0.15, 0.2) is 0 Å². The van der Waals surface area contributed by atoms with Crippen LogP contribution in [0.25, 0.3) is 0 Å². The number of hydrogen-bond donors (Lipinski definition) is 0. The molecular weight excluding hydrogens is 321 g/mol. The third-order valence-corrected chi connectivity index (χ3v) is 10.3. The Kier molecular flexibility index (Phi) is 5.40. The first-order valence-electron chi connectivity index (χ1n) is 4.96. The van der Waals surface area contributed by atoms with E-state index in [9.17, 15) is 30.9 Å². The topological polar surface area (TPSA) is 17.1 Å². The van der Waals surface area contributed by atoms with Gasteiger partial charge in [0, 0.05) is 0 Å². The smallest absolute Gasteiger partial charge is 0.321 e. The molecule has 10 heteroatoms. The number of halogens is 6. The van der Waals surface area contributed by atoms with Gasteiger partial charge in [-0.25, -0.2) is 0 Å². The summed E-state index contributed by atoms with van der Waals surface area (Å²) in [6, 6.07) is 0. The average molecular weight is 332 g/mol. The second-order valence-electron chi connectivity index (χ2n) is 3.90. The minimum Gasteiger partial charge on any atom is -0.321 e. The standard InChI is InChI=1S/C8H11F6OPS2/c9-7(10,11)4-16(15,5-8(12,13)14)6-17-2-1-3-18-6/h6H,1-5H2. The zero-order valence-corrected chi connectivity index (χ0v) is 11.6. The van der Waals surface area contributed by atoms with Crippen LogP contribution >= 0.6 is 30.7 Å². The van der Waals surface area contributed by atoms with Gasteiger partial charge in [0.05, 0.1) is 12.3 Å². The predicted octanol–water partition coefficient (Wildman–Crippen LogP) is 4.63. The predicted molar refractivity (Wildman–Crippen MR) is 62.8 cm³/mol. The molecule has 0 bridgehead atoms. The molecule has 0 aromatic rings. The van der Waals surface area contributed by atoms with Crippen molar-refractivity contribution in [1.82, 2.24) is 0 Å². The number of rotatable bonds is 3. The Morgan fingerprint density at radius 2 is 1.33 bits per heavy atom. The van der Waals surface area contributed by atoms with E-state index < -0.39 is 36.1 Å². The molecular formula is C8H11F6OPS2. The summed E-state index contributed by atoms with van der Waals surface area (Å²) in [6.07, 6.45) is -12.6. The molecule has 1 saturated heterocycles. The van der Waals surface area contributed by atoms with E-state index in [4.69, 9.17) is 0 Å². The Morgan fingerprint density at radius 1 is 0.944 bits per heavy atom. The zero-order valence-electron chi connectivity index (χ0n) is 9.05. The van der Waals surface area contributed by atoms with Crippen molar-refractivity contribution in [3.05, 3.63) is 0 Å². The van der Waals surface area contributed by atoms with Crippen LogP contribution in [-0.4, -0.2) is 40.5 Å². The Hall–Kier alpha value is 0.510. The van der Waals surface area contributed by atoms with Crippen LogP contribution in [0.5, 0.6) is 0 Å². The van der Waals surface area contributed by atoms with Gasteiger partial charge in [0.25, 0.3) is 0 Å². The molecule has 1 aliphatic rings. The third-order valence-electron chi connectivity index (χ3n) is 2.09. The van der Waals surface area contributed by atoms with E-state index in [1.54, 1.807) is 0 Å². The van der Waals surface area contributed by atoms with E-state index in [0.717, 1.165) is 23.5 Å². The SMILES string of the molecule is O=P(CC(F)(F)F)(CC(F)(F)F)C1SCCCS1. The van der Waals surface area contributed by atoms with Gasteiger partial charge in [-0.15, -0.1) is 23.5 Å². The molecule has 0 aliphatic carbocycles. The maximum atomic E-state index is 12.3. The molecule has 108 valence electrons. The molecule has 1 heterocycles. The molecule has 1 rings (SSSR count). The lowest BCUT2D eigenvalue weighted by Gasteiger charge is -2.30. The highest BCUT2D eigenvalue weighted by Crippen LogP contribution is 2.64. The van der Waals surface area contributed by atoms with Crippen molar-refractivity contribution in [3.63, 3.8) is 0 Å². The van der Waals surface area contributed by atoms with Gasteiger partial charge in [-0.05, 0) is 17.9 Å². The van der Waals surface area contributed by atoms with Crippen molar-refractivity contribution in [1.29, 1.82) is 0 Å². The normalized spacial score (nSPS) is 20.1. The Balaban J connectivity index is 2.89. The first kappa shape index (κ1) is 16.6. The molecule has 0 spiro atoms. The Bertz CT molecular complexity index is 303. The lowest BCUT2D eigenvalue weighted by molar-refractivity contribution is -0.112. The molecule has 0 radical (unpaired) electrons. The van der Waals surface area contributed by atoms with Crippen LogP contribution in [0.4, 0.5) is 26.3 Å². The van der Waals surface area contributed by atoms with Crippen molar-refractivity contribution in [2.24, 2.45) is 0 Å². The summed E-state index contributed by atoms with van der Waals surface area (Å²) in [4.78, 5) is 0. The Morgan fingerprint density at radius 3 is 1.67 bits per heavy atom. The minimum atomic E-state index is -4.83.